The summed E-state index contributed by atoms with van der Waals surface area (Å²) in [7, 11) is 0. The van der Waals surface area contributed by atoms with E-state index in [0.29, 0.717) is 29.0 Å². The first-order valence-electron chi connectivity index (χ1n) is 11.4. The zero-order chi connectivity index (χ0) is 24.8. The molecule has 4 aromatic rings. The van der Waals surface area contributed by atoms with Gasteiger partial charge in [0.1, 0.15) is 12.4 Å². The van der Waals surface area contributed by atoms with Crippen molar-refractivity contribution in [2.75, 3.05) is 6.61 Å². The number of rotatable bonds is 8. The zero-order valence-electron chi connectivity index (χ0n) is 19.5. The molecule has 0 atom stereocenters. The van der Waals surface area contributed by atoms with Gasteiger partial charge in [0.2, 0.25) is 0 Å². The van der Waals surface area contributed by atoms with Crippen molar-refractivity contribution in [3.05, 3.63) is 114 Å². The summed E-state index contributed by atoms with van der Waals surface area (Å²) >= 11 is 0. The first-order valence-corrected chi connectivity index (χ1v) is 11.4. The number of ether oxygens (including phenoxy) is 2. The lowest BCUT2D eigenvalue weighted by molar-refractivity contribution is 0.302. The van der Waals surface area contributed by atoms with E-state index in [9.17, 15) is 13.2 Å². The van der Waals surface area contributed by atoms with Crippen molar-refractivity contribution in [2.45, 2.75) is 20.5 Å². The maximum Gasteiger partial charge on any atom is 0.167 e. The summed E-state index contributed by atoms with van der Waals surface area (Å²) in [5.41, 5.74) is 3.14. The molecule has 0 aliphatic carbocycles. The zero-order valence-corrected chi connectivity index (χ0v) is 19.5. The summed E-state index contributed by atoms with van der Waals surface area (Å²) in [5, 5.41) is 0. The highest BCUT2D eigenvalue weighted by Gasteiger charge is 2.16. The van der Waals surface area contributed by atoms with Gasteiger partial charge in [-0.15, -0.1) is 0 Å². The predicted molar refractivity (Wildman–Crippen MR) is 134 cm³/mol. The third-order valence-electron chi connectivity index (χ3n) is 5.53. The second-order valence-corrected chi connectivity index (χ2v) is 7.92. The van der Waals surface area contributed by atoms with Crippen LogP contribution in [-0.2, 0) is 6.61 Å². The lowest BCUT2D eigenvalue weighted by Gasteiger charge is -2.11. The molecule has 35 heavy (non-hydrogen) atoms. The van der Waals surface area contributed by atoms with Crippen LogP contribution in [0.25, 0.3) is 28.3 Å². The Bertz CT molecular complexity index is 1330. The average Bonchev–Trinajstić information content (AvgIpc) is 2.87. The number of halogens is 3. The summed E-state index contributed by atoms with van der Waals surface area (Å²) in [5.74, 6) is -1.51. The van der Waals surface area contributed by atoms with Gasteiger partial charge in [-0.1, -0.05) is 66.7 Å². The van der Waals surface area contributed by atoms with Crippen LogP contribution in [0.1, 0.15) is 25.0 Å². The molecule has 0 N–H and O–H groups in total. The Hall–Kier alpha value is -3.99. The van der Waals surface area contributed by atoms with Crippen molar-refractivity contribution in [1.29, 1.82) is 0 Å². The smallest absolute Gasteiger partial charge is 0.167 e. The molecule has 0 aromatic heterocycles. The average molecular weight is 475 g/mol. The van der Waals surface area contributed by atoms with Gasteiger partial charge in [0.25, 0.3) is 0 Å². The van der Waals surface area contributed by atoms with Gasteiger partial charge in [0.15, 0.2) is 23.2 Å². The topological polar surface area (TPSA) is 18.5 Å². The van der Waals surface area contributed by atoms with Crippen molar-refractivity contribution in [3.8, 4) is 33.8 Å². The minimum absolute atomic E-state index is 0.160. The second kappa shape index (κ2) is 11.0. The Morgan fingerprint density at radius 2 is 1.31 bits per heavy atom. The van der Waals surface area contributed by atoms with Crippen LogP contribution in [0.5, 0.6) is 11.5 Å². The van der Waals surface area contributed by atoms with Crippen molar-refractivity contribution in [3.63, 3.8) is 0 Å². The van der Waals surface area contributed by atoms with E-state index < -0.39 is 17.5 Å². The molecule has 0 saturated heterocycles. The molecular weight excluding hydrogens is 449 g/mol. The maximum atomic E-state index is 15.0. The molecule has 0 heterocycles. The Balaban J connectivity index is 1.48. The molecule has 0 fully saturated rings. The van der Waals surface area contributed by atoms with E-state index in [4.69, 9.17) is 9.47 Å². The molecule has 4 aromatic carbocycles. The van der Waals surface area contributed by atoms with Gasteiger partial charge in [0.05, 0.1) is 6.61 Å². The van der Waals surface area contributed by atoms with Gasteiger partial charge in [-0.2, -0.15) is 0 Å². The van der Waals surface area contributed by atoms with E-state index >= 15 is 0 Å². The molecule has 0 bridgehead atoms. The van der Waals surface area contributed by atoms with E-state index in [-0.39, 0.29) is 23.5 Å². The highest BCUT2D eigenvalue weighted by molar-refractivity contribution is 5.72. The molecule has 0 aliphatic heterocycles. The molecule has 178 valence electrons. The van der Waals surface area contributed by atoms with Crippen LogP contribution < -0.4 is 9.47 Å². The molecule has 0 saturated carbocycles. The van der Waals surface area contributed by atoms with Crippen LogP contribution in [0.4, 0.5) is 13.2 Å². The standard InChI is InChI=1S/C30H25F3O2/c1-3-5-20-6-9-22(10-7-20)25-15-16-26(30(33)29(25)32)23-11-13-24(14-12-23)35-19-21-8-17-28(34-4-2)27(31)18-21/h3,5-18H,4,19H2,1-2H3. The van der Waals surface area contributed by atoms with Gasteiger partial charge in [-0.25, -0.2) is 13.2 Å². The van der Waals surface area contributed by atoms with Crippen molar-refractivity contribution in [1.82, 2.24) is 0 Å². The summed E-state index contributed by atoms with van der Waals surface area (Å²) in [6.07, 6.45) is 3.86. The Morgan fingerprint density at radius 3 is 1.86 bits per heavy atom. The van der Waals surface area contributed by atoms with Gasteiger partial charge in [0, 0.05) is 11.1 Å². The molecular formula is C30H25F3O2. The summed E-state index contributed by atoms with van der Waals surface area (Å²) < 4.78 is 54.8. The monoisotopic (exact) mass is 474 g/mol. The fraction of sp³-hybridized carbons (Fsp3) is 0.133. The lowest BCUT2D eigenvalue weighted by atomic mass is 9.98. The number of benzene rings is 4. The summed E-state index contributed by atoms with van der Waals surface area (Å²) in [4.78, 5) is 0. The van der Waals surface area contributed by atoms with Crippen molar-refractivity contribution in [2.24, 2.45) is 0 Å². The number of allylic oxidation sites excluding steroid dienone is 1. The molecule has 0 amide bonds. The minimum atomic E-state index is -0.904. The quantitative estimate of drug-likeness (QED) is 0.255. The molecule has 0 radical (unpaired) electrons. The molecule has 5 heteroatoms. The van der Waals surface area contributed by atoms with Crippen LogP contribution in [-0.4, -0.2) is 6.61 Å². The molecule has 0 spiro atoms. The summed E-state index contributed by atoms with van der Waals surface area (Å²) in [6, 6.07) is 21.8. The molecule has 0 aliphatic rings. The third-order valence-corrected chi connectivity index (χ3v) is 5.53. The molecule has 0 unspecified atom stereocenters. The maximum absolute atomic E-state index is 15.0. The van der Waals surface area contributed by atoms with Crippen LogP contribution in [0, 0.1) is 17.5 Å². The fourth-order valence-corrected chi connectivity index (χ4v) is 3.77. The normalized spacial score (nSPS) is 11.1. The van der Waals surface area contributed by atoms with Crippen LogP contribution >= 0.6 is 0 Å². The van der Waals surface area contributed by atoms with Crippen molar-refractivity contribution < 1.29 is 22.6 Å². The van der Waals surface area contributed by atoms with Gasteiger partial charge in [-0.05, 0) is 60.4 Å². The van der Waals surface area contributed by atoms with E-state index in [1.807, 2.05) is 31.2 Å². The van der Waals surface area contributed by atoms with Crippen molar-refractivity contribution >= 4 is 6.08 Å². The van der Waals surface area contributed by atoms with E-state index in [2.05, 4.69) is 0 Å². The highest BCUT2D eigenvalue weighted by atomic mass is 19.2. The number of hydrogen-bond acceptors (Lipinski definition) is 2. The predicted octanol–water partition coefficient (Wildman–Crippen LogP) is 8.45. The first-order chi connectivity index (χ1) is 17.0. The minimum Gasteiger partial charge on any atom is -0.491 e. The largest absolute Gasteiger partial charge is 0.491 e. The lowest BCUT2D eigenvalue weighted by Crippen LogP contribution is -1.99. The summed E-state index contributed by atoms with van der Waals surface area (Å²) in [6.45, 7) is 4.26. The fourth-order valence-electron chi connectivity index (χ4n) is 3.77. The SMILES string of the molecule is CC=Cc1ccc(-c2ccc(-c3ccc(OCc4ccc(OCC)c(F)c4)cc3)c(F)c2F)cc1. The molecule has 2 nitrogen and oxygen atoms in total. The van der Waals surface area contributed by atoms with Gasteiger partial charge < -0.3 is 9.47 Å². The Morgan fingerprint density at radius 1 is 0.714 bits per heavy atom. The number of hydrogen-bond donors (Lipinski definition) is 0. The Labute approximate surface area is 203 Å². The van der Waals surface area contributed by atoms with Gasteiger partial charge >= 0.3 is 0 Å². The van der Waals surface area contributed by atoms with E-state index in [1.165, 1.54) is 6.07 Å². The van der Waals surface area contributed by atoms with Crippen LogP contribution in [0.15, 0.2) is 84.9 Å². The van der Waals surface area contributed by atoms with Crippen LogP contribution in [0.2, 0.25) is 0 Å². The highest BCUT2D eigenvalue weighted by Crippen LogP contribution is 2.32. The van der Waals surface area contributed by atoms with E-state index in [0.717, 1.165) is 5.56 Å². The van der Waals surface area contributed by atoms with Gasteiger partial charge in [-0.3, -0.25) is 0 Å². The Kier molecular flexibility index (Phi) is 7.56. The third kappa shape index (κ3) is 5.57. The molecule has 4 rings (SSSR count). The van der Waals surface area contributed by atoms with E-state index in [1.54, 1.807) is 67.6 Å². The van der Waals surface area contributed by atoms with Crippen LogP contribution in [0.3, 0.4) is 0 Å². The second-order valence-electron chi connectivity index (χ2n) is 7.92. The first kappa shape index (κ1) is 24.1.